The summed E-state index contributed by atoms with van der Waals surface area (Å²) in [4.78, 5) is 16.6. The Kier molecular flexibility index (Phi) is 5.38. The number of hydrogen-bond acceptors (Lipinski definition) is 6. The highest BCUT2D eigenvalue weighted by molar-refractivity contribution is 7.92. The third-order valence-corrected chi connectivity index (χ3v) is 5.63. The number of carboxylic acids is 1. The summed E-state index contributed by atoms with van der Waals surface area (Å²) in [6.07, 6.45) is 0.956. The number of sulfone groups is 1. The average molecular weight is 341 g/mol. The number of benzene rings is 1. The molecule has 1 aliphatic carbocycles. The number of rotatable bonds is 8. The Morgan fingerprint density at radius 1 is 1.35 bits per heavy atom. The molecule has 0 saturated heterocycles. The summed E-state index contributed by atoms with van der Waals surface area (Å²) in [6, 6.07) is 5.65. The minimum absolute atomic E-state index is 0.196. The van der Waals surface area contributed by atoms with Gasteiger partial charge in [0.25, 0.3) is 0 Å². The van der Waals surface area contributed by atoms with Gasteiger partial charge in [0, 0.05) is 12.7 Å². The fourth-order valence-corrected chi connectivity index (χ4v) is 3.65. The predicted molar refractivity (Wildman–Crippen MR) is 83.2 cm³/mol. The molecule has 126 valence electrons. The summed E-state index contributed by atoms with van der Waals surface area (Å²) in [5, 5.41) is 12.6. The maximum absolute atomic E-state index is 12.1. The first-order valence-electron chi connectivity index (χ1n) is 7.16. The Hall–Kier alpha value is -1.93. The third kappa shape index (κ3) is 4.29. The van der Waals surface area contributed by atoms with Crippen LogP contribution in [0.3, 0.4) is 0 Å². The molecule has 1 aliphatic rings. The third-order valence-electron chi connectivity index (χ3n) is 3.35. The SMILES string of the molecule is COC[C@@H](C)O/N=C(/C(=O)O)c1ccc(S(=O)(=O)C2CC2)cc1. The number of oxime groups is 1. The van der Waals surface area contributed by atoms with Crippen molar-refractivity contribution in [3.05, 3.63) is 29.8 Å². The number of methoxy groups -OCH3 is 1. The van der Waals surface area contributed by atoms with Crippen molar-refractivity contribution in [1.29, 1.82) is 0 Å². The molecule has 1 N–H and O–H groups in total. The molecule has 1 aromatic carbocycles. The molecule has 0 unspecified atom stereocenters. The van der Waals surface area contributed by atoms with Crippen LogP contribution in [-0.2, 0) is 24.2 Å². The molecule has 0 aromatic heterocycles. The maximum Gasteiger partial charge on any atom is 0.358 e. The fourth-order valence-electron chi connectivity index (χ4n) is 2.00. The molecular formula is C15H19NO6S. The van der Waals surface area contributed by atoms with Crippen LogP contribution in [-0.4, -0.2) is 50.3 Å². The first kappa shape index (κ1) is 17.4. The average Bonchev–Trinajstić information content (AvgIpc) is 3.33. The Labute approximate surface area is 134 Å². The van der Waals surface area contributed by atoms with Gasteiger partial charge >= 0.3 is 5.97 Å². The van der Waals surface area contributed by atoms with Crippen LogP contribution >= 0.6 is 0 Å². The predicted octanol–water partition coefficient (Wildman–Crippen LogP) is 1.46. The van der Waals surface area contributed by atoms with Crippen LogP contribution in [0.2, 0.25) is 0 Å². The van der Waals surface area contributed by atoms with E-state index in [1.807, 2.05) is 0 Å². The van der Waals surface area contributed by atoms with Crippen LogP contribution < -0.4 is 0 Å². The number of nitrogens with zero attached hydrogens (tertiary/aromatic N) is 1. The summed E-state index contributed by atoms with van der Waals surface area (Å²) in [5.74, 6) is -1.26. The van der Waals surface area contributed by atoms with E-state index in [4.69, 9.17) is 9.57 Å². The number of aliphatic carboxylic acids is 1. The highest BCUT2D eigenvalue weighted by Gasteiger charge is 2.36. The standard InChI is InChI=1S/C15H19NO6S/c1-10(9-21-2)22-16-14(15(17)18)11-3-5-12(6-4-11)23(19,20)13-7-8-13/h3-6,10,13H,7-9H2,1-2H3,(H,17,18)/b16-14+/t10-/m1/s1. The summed E-state index contributed by atoms with van der Waals surface area (Å²) in [5.41, 5.74) is -0.0137. The zero-order valence-electron chi connectivity index (χ0n) is 12.9. The van der Waals surface area contributed by atoms with E-state index >= 15 is 0 Å². The van der Waals surface area contributed by atoms with E-state index in [2.05, 4.69) is 5.16 Å². The quantitative estimate of drug-likeness (QED) is 0.567. The number of carboxylic acid groups (broad SMARTS) is 1. The number of ether oxygens (including phenoxy) is 1. The molecule has 2 rings (SSSR count). The van der Waals surface area contributed by atoms with Crippen LogP contribution in [0, 0.1) is 0 Å². The summed E-state index contributed by atoms with van der Waals surface area (Å²) in [6.45, 7) is 1.97. The van der Waals surface area contributed by atoms with Crippen LogP contribution in [0.5, 0.6) is 0 Å². The molecule has 8 heteroatoms. The molecule has 0 bridgehead atoms. The second-order valence-electron chi connectivity index (χ2n) is 5.39. The molecule has 0 spiro atoms. The van der Waals surface area contributed by atoms with E-state index in [1.165, 1.54) is 31.4 Å². The Bertz CT molecular complexity index is 691. The van der Waals surface area contributed by atoms with Gasteiger partial charge < -0.3 is 14.7 Å². The smallest absolute Gasteiger partial charge is 0.358 e. The van der Waals surface area contributed by atoms with Crippen LogP contribution in [0.1, 0.15) is 25.3 Å². The second kappa shape index (κ2) is 7.10. The van der Waals surface area contributed by atoms with Crippen molar-refractivity contribution in [2.24, 2.45) is 5.16 Å². The van der Waals surface area contributed by atoms with Crippen LogP contribution in [0.4, 0.5) is 0 Å². The van der Waals surface area contributed by atoms with E-state index in [0.717, 1.165) is 0 Å². The molecule has 1 atom stereocenters. The van der Waals surface area contributed by atoms with Crippen molar-refractivity contribution >= 4 is 21.5 Å². The summed E-state index contributed by atoms with van der Waals surface area (Å²) < 4.78 is 29.1. The molecule has 0 heterocycles. The molecule has 0 aliphatic heterocycles. The summed E-state index contributed by atoms with van der Waals surface area (Å²) >= 11 is 0. The van der Waals surface area contributed by atoms with Gasteiger partial charge in [-0.1, -0.05) is 17.3 Å². The van der Waals surface area contributed by atoms with Crippen LogP contribution in [0.15, 0.2) is 34.3 Å². The number of carbonyl (C=O) groups is 1. The van der Waals surface area contributed by atoms with E-state index in [1.54, 1.807) is 6.92 Å². The topological polar surface area (TPSA) is 102 Å². The minimum atomic E-state index is -3.30. The van der Waals surface area contributed by atoms with Crippen molar-refractivity contribution in [3.63, 3.8) is 0 Å². The Morgan fingerprint density at radius 2 is 1.96 bits per heavy atom. The van der Waals surface area contributed by atoms with Crippen molar-refractivity contribution in [3.8, 4) is 0 Å². The normalized spacial score (nSPS) is 16.9. The highest BCUT2D eigenvalue weighted by atomic mass is 32.2. The van der Waals surface area contributed by atoms with Gasteiger partial charge in [-0.3, -0.25) is 0 Å². The zero-order valence-corrected chi connectivity index (χ0v) is 13.7. The van der Waals surface area contributed by atoms with Crippen molar-refractivity contribution < 1.29 is 27.9 Å². The first-order chi connectivity index (χ1) is 10.9. The Morgan fingerprint density at radius 3 is 2.43 bits per heavy atom. The molecular weight excluding hydrogens is 322 g/mol. The lowest BCUT2D eigenvalue weighted by Crippen LogP contribution is -2.18. The Balaban J connectivity index is 2.20. The lowest BCUT2D eigenvalue weighted by molar-refractivity contribution is -0.129. The van der Waals surface area contributed by atoms with Crippen LogP contribution in [0.25, 0.3) is 0 Å². The van der Waals surface area contributed by atoms with Gasteiger partial charge in [0.15, 0.2) is 15.5 Å². The molecule has 0 radical (unpaired) electrons. The molecule has 23 heavy (non-hydrogen) atoms. The van der Waals surface area contributed by atoms with E-state index in [-0.39, 0.29) is 28.0 Å². The molecule has 1 fully saturated rings. The maximum atomic E-state index is 12.1. The molecule has 0 amide bonds. The van der Waals surface area contributed by atoms with Gasteiger partial charge in [-0.2, -0.15) is 0 Å². The van der Waals surface area contributed by atoms with E-state index < -0.39 is 21.9 Å². The first-order valence-corrected chi connectivity index (χ1v) is 8.71. The lowest BCUT2D eigenvalue weighted by atomic mass is 10.1. The van der Waals surface area contributed by atoms with E-state index in [9.17, 15) is 18.3 Å². The van der Waals surface area contributed by atoms with Crippen molar-refractivity contribution in [1.82, 2.24) is 0 Å². The minimum Gasteiger partial charge on any atom is -0.476 e. The molecule has 7 nitrogen and oxygen atoms in total. The summed E-state index contributed by atoms with van der Waals surface area (Å²) in [7, 11) is -1.80. The number of hydrogen-bond donors (Lipinski definition) is 1. The van der Waals surface area contributed by atoms with Crippen molar-refractivity contribution in [2.75, 3.05) is 13.7 Å². The molecule has 1 aromatic rings. The highest BCUT2D eigenvalue weighted by Crippen LogP contribution is 2.33. The van der Waals surface area contributed by atoms with Gasteiger partial charge in [0.05, 0.1) is 16.8 Å². The molecule has 1 saturated carbocycles. The monoisotopic (exact) mass is 341 g/mol. The van der Waals surface area contributed by atoms with E-state index in [0.29, 0.717) is 12.8 Å². The van der Waals surface area contributed by atoms with Gasteiger partial charge in [0.2, 0.25) is 0 Å². The van der Waals surface area contributed by atoms with Gasteiger partial charge in [0.1, 0.15) is 6.10 Å². The van der Waals surface area contributed by atoms with Crippen molar-refractivity contribution in [2.45, 2.75) is 36.0 Å². The van der Waals surface area contributed by atoms with Gasteiger partial charge in [-0.25, -0.2) is 13.2 Å². The second-order valence-corrected chi connectivity index (χ2v) is 7.61. The fraction of sp³-hybridized carbons (Fsp3) is 0.467. The van der Waals surface area contributed by atoms with Gasteiger partial charge in [-0.05, 0) is 31.9 Å². The largest absolute Gasteiger partial charge is 0.476 e. The van der Waals surface area contributed by atoms with Gasteiger partial charge in [-0.15, -0.1) is 0 Å². The zero-order chi connectivity index (χ0) is 17.0. The lowest BCUT2D eigenvalue weighted by Gasteiger charge is -2.09.